The molecule has 0 aliphatic heterocycles. The van der Waals surface area contributed by atoms with Gasteiger partial charge in [-0.15, -0.1) is 0 Å². The summed E-state index contributed by atoms with van der Waals surface area (Å²) in [6, 6.07) is 0. The molecule has 24 heavy (non-hydrogen) atoms. The lowest BCUT2D eigenvalue weighted by Crippen LogP contribution is -2.58. The van der Waals surface area contributed by atoms with E-state index in [1.165, 1.54) is 5.57 Å². The molecule has 0 heterocycles. The van der Waals surface area contributed by atoms with Gasteiger partial charge in [0.1, 0.15) is 0 Å². The van der Waals surface area contributed by atoms with Gasteiger partial charge in [-0.3, -0.25) is 4.79 Å². The molecule has 3 saturated carbocycles. The number of rotatable bonds is 1. The minimum Gasteiger partial charge on any atom is -0.390 e. The first-order valence-electron chi connectivity index (χ1n) is 10.3. The second-order valence-electron chi connectivity index (χ2n) is 9.41. The molecule has 0 aromatic carbocycles. The maximum Gasteiger partial charge on any atom is 0.155 e. The highest BCUT2D eigenvalue weighted by molar-refractivity contribution is 5.91. The summed E-state index contributed by atoms with van der Waals surface area (Å²) in [5.74, 6) is 1.46. The molecule has 0 saturated heterocycles. The van der Waals surface area contributed by atoms with Crippen LogP contribution in [0.15, 0.2) is 11.6 Å². The molecular formula is C21H32O3. The van der Waals surface area contributed by atoms with E-state index in [4.69, 9.17) is 1.37 Å². The van der Waals surface area contributed by atoms with Crippen LogP contribution in [0.4, 0.5) is 0 Å². The second-order valence-corrected chi connectivity index (χ2v) is 9.41. The average Bonchev–Trinajstić information content (AvgIpc) is 2.82. The summed E-state index contributed by atoms with van der Waals surface area (Å²) in [6.45, 7) is 6.21. The topological polar surface area (TPSA) is 57.5 Å². The van der Waals surface area contributed by atoms with Gasteiger partial charge in [0.25, 0.3) is 0 Å². The normalized spacial score (nSPS) is 55.8. The molecule has 3 fully saturated rings. The number of fused-ring (bicyclic) bond motifs is 5. The van der Waals surface area contributed by atoms with E-state index in [1.807, 2.05) is 0 Å². The molecule has 8 atom stereocenters. The number of allylic oxidation sites excluding steroid dienone is 1. The molecule has 0 amide bonds. The summed E-state index contributed by atoms with van der Waals surface area (Å²) in [4.78, 5) is 12.0. The maximum absolute atomic E-state index is 12.0. The fourth-order valence-corrected chi connectivity index (χ4v) is 7.13. The maximum atomic E-state index is 12.0. The third kappa shape index (κ3) is 1.94. The Hall–Kier alpha value is -0.670. The third-order valence-electron chi connectivity index (χ3n) is 8.69. The van der Waals surface area contributed by atoms with Gasteiger partial charge >= 0.3 is 0 Å². The zero-order chi connectivity index (χ0) is 18.2. The molecule has 3 heteroatoms. The summed E-state index contributed by atoms with van der Waals surface area (Å²) in [5, 5.41) is 21.5. The minimum atomic E-state index is -0.972. The van der Waals surface area contributed by atoms with Gasteiger partial charge in [-0.05, 0) is 81.1 Å². The van der Waals surface area contributed by atoms with Crippen LogP contribution in [-0.2, 0) is 4.79 Å². The van der Waals surface area contributed by atoms with E-state index in [9.17, 15) is 15.0 Å². The molecule has 0 aromatic rings. The van der Waals surface area contributed by atoms with Crippen molar-refractivity contribution in [3.8, 4) is 0 Å². The second kappa shape index (κ2) is 5.17. The van der Waals surface area contributed by atoms with Crippen LogP contribution >= 0.6 is 0 Å². The van der Waals surface area contributed by atoms with E-state index in [2.05, 4.69) is 13.8 Å². The van der Waals surface area contributed by atoms with Crippen LogP contribution in [0.25, 0.3) is 0 Å². The van der Waals surface area contributed by atoms with E-state index in [-0.39, 0.29) is 16.6 Å². The van der Waals surface area contributed by atoms with Crippen LogP contribution < -0.4 is 0 Å². The summed E-state index contributed by atoms with van der Waals surface area (Å²) in [6.07, 6.45) is 6.80. The van der Waals surface area contributed by atoms with Crippen LogP contribution in [0.3, 0.4) is 0 Å². The van der Waals surface area contributed by atoms with Crippen LogP contribution in [0.1, 0.15) is 73.5 Å². The van der Waals surface area contributed by atoms with E-state index < -0.39 is 18.1 Å². The Bertz CT molecular complexity index is 629. The van der Waals surface area contributed by atoms with Gasteiger partial charge in [0.15, 0.2) is 5.78 Å². The molecule has 0 spiro atoms. The standard InChI is InChI=1S/C21H32O3/c1-13(22)21(24)11-8-18-16-5-4-14-12-15(23)6-9-19(14,2)17(16)7-10-20(18,21)3/h12-13,16-18,22,24H,4-11H2,1-3H3/t13?,16-,17+,18+,19+,20+,21+/m1/s1/i6T/t6?,13?,16-,17+,18+,19+,20+,21+. The fourth-order valence-electron chi connectivity index (χ4n) is 7.13. The molecule has 3 nitrogen and oxygen atoms in total. The van der Waals surface area contributed by atoms with Gasteiger partial charge in [0.05, 0.1) is 11.7 Å². The Morgan fingerprint density at radius 2 is 1.92 bits per heavy atom. The van der Waals surface area contributed by atoms with E-state index >= 15 is 0 Å². The van der Waals surface area contributed by atoms with Crippen molar-refractivity contribution in [3.05, 3.63) is 11.6 Å². The molecule has 0 bridgehead atoms. The molecule has 4 rings (SSSR count). The minimum absolute atomic E-state index is 0.0177. The van der Waals surface area contributed by atoms with E-state index in [1.54, 1.807) is 13.0 Å². The van der Waals surface area contributed by atoms with Gasteiger partial charge in [0.2, 0.25) is 0 Å². The Kier molecular flexibility index (Phi) is 3.35. The first kappa shape index (κ1) is 15.6. The summed E-state index contributed by atoms with van der Waals surface area (Å²) in [5.41, 5.74) is 0.0516. The molecule has 2 unspecified atom stereocenters. The average molecular weight is 334 g/mol. The lowest BCUT2D eigenvalue weighted by molar-refractivity contribution is -0.171. The van der Waals surface area contributed by atoms with Gasteiger partial charge in [-0.25, -0.2) is 0 Å². The molecule has 2 N–H and O–H groups in total. The third-order valence-corrected chi connectivity index (χ3v) is 8.69. The number of aliphatic hydroxyl groups is 2. The molecular weight excluding hydrogens is 300 g/mol. The first-order chi connectivity index (χ1) is 11.6. The predicted molar refractivity (Wildman–Crippen MR) is 93.3 cm³/mol. The number of carbonyl (C=O) groups excluding carboxylic acids is 1. The molecule has 0 radical (unpaired) electrons. The predicted octanol–water partition coefficient (Wildman–Crippen LogP) is 3.63. The van der Waals surface area contributed by atoms with Crippen molar-refractivity contribution in [2.75, 3.05) is 0 Å². The lowest BCUT2D eigenvalue weighted by Gasteiger charge is -2.59. The summed E-state index contributed by atoms with van der Waals surface area (Å²) in [7, 11) is 0. The van der Waals surface area contributed by atoms with Crippen molar-refractivity contribution in [2.45, 2.75) is 83.8 Å². The van der Waals surface area contributed by atoms with Crippen LogP contribution in [0.2, 0.25) is 0 Å². The zero-order valence-corrected chi connectivity index (χ0v) is 15.2. The highest BCUT2D eigenvalue weighted by atomic mass is 16.3. The number of ketones is 1. The van der Waals surface area contributed by atoms with Crippen molar-refractivity contribution in [1.29, 1.82) is 0 Å². The van der Waals surface area contributed by atoms with Gasteiger partial charge < -0.3 is 10.2 Å². The Balaban J connectivity index is 1.69. The largest absolute Gasteiger partial charge is 0.390 e. The summed E-state index contributed by atoms with van der Waals surface area (Å²) >= 11 is 0. The molecule has 134 valence electrons. The lowest BCUT2D eigenvalue weighted by atomic mass is 9.46. The van der Waals surface area contributed by atoms with Crippen molar-refractivity contribution >= 4 is 5.78 Å². The zero-order valence-electron chi connectivity index (χ0n) is 16.2. The fraction of sp³-hybridized carbons (Fsp3) is 0.857. The Morgan fingerprint density at radius 3 is 2.62 bits per heavy atom. The van der Waals surface area contributed by atoms with Gasteiger partial charge in [0, 0.05) is 13.2 Å². The monoisotopic (exact) mass is 334 g/mol. The van der Waals surface area contributed by atoms with Crippen LogP contribution in [-0.4, -0.2) is 27.7 Å². The molecule has 4 aliphatic rings. The quantitative estimate of drug-likeness (QED) is 0.770. The Labute approximate surface area is 146 Å². The number of aliphatic hydroxyl groups excluding tert-OH is 1. The van der Waals surface area contributed by atoms with Gasteiger partial charge in [-0.2, -0.15) is 0 Å². The van der Waals surface area contributed by atoms with Crippen molar-refractivity contribution in [2.24, 2.45) is 28.6 Å². The summed E-state index contributed by atoms with van der Waals surface area (Å²) < 4.78 is 8.17. The Morgan fingerprint density at radius 1 is 1.21 bits per heavy atom. The van der Waals surface area contributed by atoms with Crippen molar-refractivity contribution in [3.63, 3.8) is 0 Å². The number of carbonyl (C=O) groups is 1. The smallest absolute Gasteiger partial charge is 0.155 e. The SMILES string of the molecule is [3H]C1C[C@@]2(C)C(=CC1=O)CC[C@@H]1[C@@H]2CC[C@@]2(C)[C@H]1CC[C@]2(O)C(C)O. The van der Waals surface area contributed by atoms with E-state index in [0.717, 1.165) is 32.1 Å². The highest BCUT2D eigenvalue weighted by Crippen LogP contribution is 2.67. The molecule has 4 aliphatic carbocycles. The van der Waals surface area contributed by atoms with Crippen molar-refractivity contribution in [1.82, 2.24) is 0 Å². The van der Waals surface area contributed by atoms with Crippen LogP contribution in [0.5, 0.6) is 0 Å². The van der Waals surface area contributed by atoms with Crippen molar-refractivity contribution < 1.29 is 16.4 Å². The van der Waals surface area contributed by atoms with E-state index in [0.29, 0.717) is 30.6 Å². The molecule has 0 aromatic heterocycles. The number of hydrogen-bond donors (Lipinski definition) is 2. The number of hydrogen-bond acceptors (Lipinski definition) is 3. The van der Waals surface area contributed by atoms with Gasteiger partial charge in [-0.1, -0.05) is 19.4 Å². The first-order valence-corrected chi connectivity index (χ1v) is 9.71. The highest BCUT2D eigenvalue weighted by Gasteiger charge is 2.65. The van der Waals surface area contributed by atoms with Crippen LogP contribution in [0, 0.1) is 28.6 Å².